The molecule has 4 N–H and O–H groups in total. The number of H-pyrrole nitrogens is 2. The van der Waals surface area contributed by atoms with Crippen LogP contribution in [-0.2, 0) is 0 Å². The second kappa shape index (κ2) is 5.11. The second-order valence-electron chi connectivity index (χ2n) is 3.77. The van der Waals surface area contributed by atoms with Crippen molar-refractivity contribution in [2.24, 2.45) is 0 Å². The zero-order chi connectivity index (χ0) is 12.3. The molecule has 2 rings (SSSR count). The smallest absolute Gasteiger partial charge is 0.192 e. The predicted molar refractivity (Wildman–Crippen MR) is 68.4 cm³/mol. The number of hydrogen-bond acceptors (Lipinski definition) is 4. The molecule has 0 bridgehead atoms. The van der Waals surface area contributed by atoms with Gasteiger partial charge in [-0.05, 0) is 30.8 Å². The van der Waals surface area contributed by atoms with Gasteiger partial charge in [0, 0.05) is 12.2 Å². The lowest BCUT2D eigenvalue weighted by atomic mass is 10.2. The first kappa shape index (κ1) is 11.8. The lowest BCUT2D eigenvalue weighted by molar-refractivity contribution is 0.182. The van der Waals surface area contributed by atoms with Gasteiger partial charge in [0.05, 0.1) is 0 Å². The molecule has 2 aromatic rings. The number of aryl methyl sites for hydroxylation is 1. The van der Waals surface area contributed by atoms with E-state index in [4.69, 9.17) is 12.2 Å². The van der Waals surface area contributed by atoms with Crippen molar-refractivity contribution in [1.82, 2.24) is 15.2 Å². The van der Waals surface area contributed by atoms with Crippen LogP contribution in [0.1, 0.15) is 17.5 Å². The highest BCUT2D eigenvalue weighted by atomic mass is 32.1. The number of nitrogens with one attached hydrogen (secondary N) is 3. The molecule has 0 saturated carbocycles. The Morgan fingerprint density at radius 1 is 1.47 bits per heavy atom. The zero-order valence-corrected chi connectivity index (χ0v) is 10.2. The summed E-state index contributed by atoms with van der Waals surface area (Å²) in [6.07, 6.45) is -0.720. The van der Waals surface area contributed by atoms with E-state index in [9.17, 15) is 5.11 Å². The molecule has 6 heteroatoms. The summed E-state index contributed by atoms with van der Waals surface area (Å²) in [4.78, 5) is 2.78. The van der Waals surface area contributed by atoms with Gasteiger partial charge in [0.15, 0.2) is 10.6 Å². The summed E-state index contributed by atoms with van der Waals surface area (Å²) in [5.41, 5.74) is 2.13. The highest BCUT2D eigenvalue weighted by Crippen LogP contribution is 2.15. The molecule has 5 nitrogen and oxygen atoms in total. The first-order valence-electron chi connectivity index (χ1n) is 5.29. The van der Waals surface area contributed by atoms with E-state index in [2.05, 4.69) is 20.5 Å². The molecule has 0 radical (unpaired) electrons. The standard InChI is InChI=1S/C11H14N4OS/c1-7-4-2-3-5-8(7)12-6-9(16)10-13-11(17)15-14-10/h2-5,9,12,16H,6H2,1H3,(H2,13,14,15,17). The van der Waals surface area contributed by atoms with Crippen LogP contribution in [0.4, 0.5) is 5.69 Å². The Labute approximate surface area is 104 Å². The van der Waals surface area contributed by atoms with Gasteiger partial charge in [-0.3, -0.25) is 5.10 Å². The Balaban J connectivity index is 1.99. The average molecular weight is 250 g/mol. The van der Waals surface area contributed by atoms with E-state index in [0.29, 0.717) is 17.1 Å². The fraction of sp³-hybridized carbons (Fsp3) is 0.273. The van der Waals surface area contributed by atoms with E-state index in [1.54, 1.807) is 0 Å². The second-order valence-corrected chi connectivity index (χ2v) is 4.18. The first-order chi connectivity index (χ1) is 8.16. The molecule has 0 aliphatic carbocycles. The molecule has 1 heterocycles. The molecule has 0 amide bonds. The number of aromatic nitrogens is 3. The van der Waals surface area contributed by atoms with Crippen LogP contribution in [0.2, 0.25) is 0 Å². The highest BCUT2D eigenvalue weighted by Gasteiger charge is 2.10. The third-order valence-electron chi connectivity index (χ3n) is 2.47. The normalized spacial score (nSPS) is 12.4. The summed E-state index contributed by atoms with van der Waals surface area (Å²) < 4.78 is 0.412. The maximum Gasteiger partial charge on any atom is 0.192 e. The van der Waals surface area contributed by atoms with E-state index in [1.165, 1.54) is 0 Å². The summed E-state index contributed by atoms with van der Waals surface area (Å²) >= 11 is 4.85. The zero-order valence-electron chi connectivity index (χ0n) is 9.40. The van der Waals surface area contributed by atoms with Gasteiger partial charge in [-0.2, -0.15) is 5.10 Å². The number of para-hydroxylation sites is 1. The predicted octanol–water partition coefficient (Wildman–Crippen LogP) is 1.92. The van der Waals surface area contributed by atoms with Crippen molar-refractivity contribution < 1.29 is 5.11 Å². The fourth-order valence-corrected chi connectivity index (χ4v) is 1.67. The summed E-state index contributed by atoms with van der Waals surface area (Å²) in [7, 11) is 0. The van der Waals surface area contributed by atoms with Crippen molar-refractivity contribution in [1.29, 1.82) is 0 Å². The Hall–Kier alpha value is -1.66. The molecule has 0 saturated heterocycles. The molecule has 1 aromatic heterocycles. The van der Waals surface area contributed by atoms with Crippen molar-refractivity contribution in [2.45, 2.75) is 13.0 Å². The molecule has 0 aliphatic heterocycles. The number of hydrogen-bond donors (Lipinski definition) is 4. The number of anilines is 1. The number of aliphatic hydroxyl groups is 1. The minimum Gasteiger partial charge on any atom is -0.383 e. The maximum atomic E-state index is 9.86. The Bertz CT molecular complexity index is 548. The van der Waals surface area contributed by atoms with Crippen LogP contribution in [0.5, 0.6) is 0 Å². The average Bonchev–Trinajstić information content (AvgIpc) is 2.74. The van der Waals surface area contributed by atoms with Crippen molar-refractivity contribution in [2.75, 3.05) is 11.9 Å². The topological polar surface area (TPSA) is 76.7 Å². The first-order valence-corrected chi connectivity index (χ1v) is 5.70. The number of rotatable bonds is 4. The van der Waals surface area contributed by atoms with Crippen LogP contribution >= 0.6 is 12.2 Å². The summed E-state index contributed by atoms with van der Waals surface area (Å²) in [6, 6.07) is 7.90. The molecule has 1 unspecified atom stereocenters. The van der Waals surface area contributed by atoms with Gasteiger partial charge in [0.25, 0.3) is 0 Å². The lowest BCUT2D eigenvalue weighted by Gasteiger charge is -2.12. The summed E-state index contributed by atoms with van der Waals surface area (Å²) in [5, 5.41) is 19.5. The van der Waals surface area contributed by atoms with Crippen molar-refractivity contribution in [3.63, 3.8) is 0 Å². The summed E-state index contributed by atoms with van der Waals surface area (Å²) in [6.45, 7) is 2.39. The summed E-state index contributed by atoms with van der Waals surface area (Å²) in [5.74, 6) is 0.441. The number of aliphatic hydroxyl groups excluding tert-OH is 1. The van der Waals surface area contributed by atoms with E-state index in [1.807, 2.05) is 31.2 Å². The number of benzene rings is 1. The van der Waals surface area contributed by atoms with Gasteiger partial charge < -0.3 is 15.4 Å². The van der Waals surface area contributed by atoms with Crippen LogP contribution in [0, 0.1) is 11.7 Å². The molecule has 1 atom stereocenters. The molecular weight excluding hydrogens is 236 g/mol. The van der Waals surface area contributed by atoms with Crippen LogP contribution in [-0.4, -0.2) is 26.8 Å². The van der Waals surface area contributed by atoms with Gasteiger partial charge in [0.1, 0.15) is 6.10 Å². The van der Waals surface area contributed by atoms with Crippen LogP contribution in [0.25, 0.3) is 0 Å². The van der Waals surface area contributed by atoms with Crippen LogP contribution in [0.15, 0.2) is 24.3 Å². The largest absolute Gasteiger partial charge is 0.383 e. The highest BCUT2D eigenvalue weighted by molar-refractivity contribution is 7.71. The van der Waals surface area contributed by atoms with Gasteiger partial charge >= 0.3 is 0 Å². The minimum absolute atomic E-state index is 0.376. The van der Waals surface area contributed by atoms with E-state index >= 15 is 0 Å². The van der Waals surface area contributed by atoms with Crippen LogP contribution in [0.3, 0.4) is 0 Å². The molecule has 1 aromatic carbocycles. The SMILES string of the molecule is Cc1ccccc1NCC(O)c1n[nH]c(=S)[nH]1. The molecule has 0 spiro atoms. The van der Waals surface area contributed by atoms with Gasteiger partial charge in [-0.1, -0.05) is 18.2 Å². The van der Waals surface area contributed by atoms with Crippen molar-refractivity contribution in [3.8, 4) is 0 Å². The molecule has 0 fully saturated rings. The Kier molecular flexibility index (Phi) is 3.55. The van der Waals surface area contributed by atoms with Crippen LogP contribution < -0.4 is 5.32 Å². The van der Waals surface area contributed by atoms with Crippen molar-refractivity contribution in [3.05, 3.63) is 40.4 Å². The molecular formula is C11H14N4OS. The third kappa shape index (κ3) is 2.92. The monoisotopic (exact) mass is 250 g/mol. The molecule has 90 valence electrons. The van der Waals surface area contributed by atoms with Gasteiger partial charge in [-0.15, -0.1) is 0 Å². The number of nitrogens with zero attached hydrogens (tertiary/aromatic N) is 1. The van der Waals surface area contributed by atoms with E-state index in [0.717, 1.165) is 11.3 Å². The molecule has 0 aliphatic rings. The fourth-order valence-electron chi connectivity index (χ4n) is 1.52. The number of aromatic amines is 2. The Morgan fingerprint density at radius 2 is 2.24 bits per heavy atom. The third-order valence-corrected chi connectivity index (χ3v) is 2.66. The minimum atomic E-state index is -0.720. The lowest BCUT2D eigenvalue weighted by Crippen LogP contribution is -2.14. The molecule has 17 heavy (non-hydrogen) atoms. The van der Waals surface area contributed by atoms with E-state index < -0.39 is 6.10 Å². The Morgan fingerprint density at radius 3 is 2.88 bits per heavy atom. The van der Waals surface area contributed by atoms with E-state index in [-0.39, 0.29) is 0 Å². The van der Waals surface area contributed by atoms with Crippen molar-refractivity contribution >= 4 is 17.9 Å². The quantitative estimate of drug-likeness (QED) is 0.625. The maximum absolute atomic E-state index is 9.86. The van der Waals surface area contributed by atoms with Gasteiger partial charge in [-0.25, -0.2) is 0 Å². The van der Waals surface area contributed by atoms with Gasteiger partial charge in [0.2, 0.25) is 0 Å².